The van der Waals surface area contributed by atoms with Gasteiger partial charge >= 0.3 is 0 Å². The van der Waals surface area contributed by atoms with Gasteiger partial charge in [0, 0.05) is 22.8 Å². The first-order valence-electron chi connectivity index (χ1n) is 9.15. The third kappa shape index (κ3) is 4.50. The molecule has 0 spiro atoms. The van der Waals surface area contributed by atoms with Crippen LogP contribution in [-0.4, -0.2) is 26.2 Å². The topological polar surface area (TPSA) is 79.8 Å². The Hall–Kier alpha value is -2.06. The summed E-state index contributed by atoms with van der Waals surface area (Å²) in [7, 11) is 0. The van der Waals surface area contributed by atoms with Crippen LogP contribution < -0.4 is 10.9 Å². The number of aromatic nitrogens is 3. The lowest BCUT2D eigenvalue weighted by Gasteiger charge is -2.17. The van der Waals surface area contributed by atoms with E-state index >= 15 is 0 Å². The van der Waals surface area contributed by atoms with Gasteiger partial charge in [0.05, 0.1) is 11.3 Å². The quantitative estimate of drug-likeness (QED) is 0.407. The minimum Gasteiger partial charge on any atom is -0.353 e. The Balaban J connectivity index is 1.76. The maximum Gasteiger partial charge on any atom is 0.278 e. The van der Waals surface area contributed by atoms with E-state index in [1.54, 1.807) is 4.57 Å². The van der Waals surface area contributed by atoms with Gasteiger partial charge in [-0.3, -0.25) is 14.2 Å². The van der Waals surface area contributed by atoms with Crippen molar-refractivity contribution < 1.29 is 4.79 Å². The molecule has 1 unspecified atom stereocenters. The number of hydrogen-bond donors (Lipinski definition) is 2. The molecule has 0 bridgehead atoms. The predicted octanol–water partition coefficient (Wildman–Crippen LogP) is 4.18. The maximum absolute atomic E-state index is 12.9. The Morgan fingerprint density at radius 3 is 2.86 bits per heavy atom. The van der Waals surface area contributed by atoms with Gasteiger partial charge < -0.3 is 10.3 Å². The first-order valence-corrected chi connectivity index (χ1v) is 10.9. The number of aromatic amines is 1. The van der Waals surface area contributed by atoms with E-state index in [4.69, 9.17) is 0 Å². The monoisotopic (exact) mass is 462 g/mol. The van der Waals surface area contributed by atoms with E-state index in [2.05, 4.69) is 31.2 Å². The van der Waals surface area contributed by atoms with Crippen LogP contribution in [0.15, 0.2) is 44.8 Å². The molecule has 1 atom stereocenters. The van der Waals surface area contributed by atoms with E-state index in [1.165, 1.54) is 11.8 Å². The van der Waals surface area contributed by atoms with Crippen LogP contribution in [0.3, 0.4) is 0 Å². The summed E-state index contributed by atoms with van der Waals surface area (Å²) in [5.41, 5.74) is 2.96. The van der Waals surface area contributed by atoms with Gasteiger partial charge in [-0.25, -0.2) is 4.98 Å². The van der Waals surface area contributed by atoms with Crippen LogP contribution in [-0.2, 0) is 11.3 Å². The van der Waals surface area contributed by atoms with Crippen molar-refractivity contribution in [2.75, 3.05) is 5.75 Å². The number of thioether (sulfide) groups is 1. The molecule has 0 radical (unpaired) electrons. The molecular formula is C20H23BrN4O2S. The van der Waals surface area contributed by atoms with E-state index in [0.717, 1.165) is 22.2 Å². The highest BCUT2D eigenvalue weighted by Gasteiger charge is 2.18. The van der Waals surface area contributed by atoms with Gasteiger partial charge in [-0.2, -0.15) is 0 Å². The van der Waals surface area contributed by atoms with Gasteiger partial charge in [0.15, 0.2) is 5.16 Å². The van der Waals surface area contributed by atoms with Crippen LogP contribution in [0, 0.1) is 6.92 Å². The fraction of sp³-hybridized carbons (Fsp3) is 0.350. The summed E-state index contributed by atoms with van der Waals surface area (Å²) < 4.78 is 2.65. The number of amides is 1. The van der Waals surface area contributed by atoms with Gasteiger partial charge in [0.1, 0.15) is 5.52 Å². The number of rotatable bonds is 7. The Bertz CT molecular complexity index is 1060. The van der Waals surface area contributed by atoms with Crippen molar-refractivity contribution in [1.82, 2.24) is 19.9 Å². The molecule has 0 aliphatic rings. The zero-order valence-electron chi connectivity index (χ0n) is 16.1. The lowest BCUT2D eigenvalue weighted by atomic mass is 10.2. The third-order valence-electron chi connectivity index (χ3n) is 4.58. The largest absolute Gasteiger partial charge is 0.353 e. The minimum atomic E-state index is -0.101. The van der Waals surface area contributed by atoms with Crippen molar-refractivity contribution in [2.45, 2.75) is 44.9 Å². The standard InChI is InChI=1S/C20H23BrN4O2S/c1-4-13(3)25-19(27)18-16(9-12(2)23-18)24-20(25)28-11-17(26)22-10-14-7-5-6-8-15(14)21/h5-9,13,23H,4,10-11H2,1-3H3,(H,22,26). The van der Waals surface area contributed by atoms with E-state index in [9.17, 15) is 9.59 Å². The van der Waals surface area contributed by atoms with E-state index in [1.807, 2.05) is 51.1 Å². The Labute approximate surface area is 176 Å². The molecule has 1 amide bonds. The molecule has 3 aromatic rings. The first-order chi connectivity index (χ1) is 13.4. The second-order valence-corrected chi connectivity index (χ2v) is 8.49. The van der Waals surface area contributed by atoms with Crippen molar-refractivity contribution in [1.29, 1.82) is 0 Å². The molecule has 6 nitrogen and oxygen atoms in total. The van der Waals surface area contributed by atoms with Crippen LogP contribution in [0.5, 0.6) is 0 Å². The van der Waals surface area contributed by atoms with Gasteiger partial charge in [-0.05, 0) is 38.0 Å². The number of H-pyrrole nitrogens is 1. The average molecular weight is 463 g/mol. The number of nitrogens with one attached hydrogen (secondary N) is 2. The summed E-state index contributed by atoms with van der Waals surface area (Å²) in [6, 6.07) is 9.63. The van der Waals surface area contributed by atoms with Crippen molar-refractivity contribution in [2.24, 2.45) is 0 Å². The number of benzene rings is 1. The Kier molecular flexibility index (Phi) is 6.61. The maximum atomic E-state index is 12.9. The number of carbonyl (C=O) groups is 1. The van der Waals surface area contributed by atoms with Crippen LogP contribution in [0.1, 0.15) is 37.6 Å². The molecule has 0 fully saturated rings. The number of halogens is 1. The highest BCUT2D eigenvalue weighted by atomic mass is 79.9. The lowest BCUT2D eigenvalue weighted by molar-refractivity contribution is -0.118. The van der Waals surface area contributed by atoms with Gasteiger partial charge in [0.25, 0.3) is 5.56 Å². The normalized spacial score (nSPS) is 12.3. The molecule has 28 heavy (non-hydrogen) atoms. The molecule has 3 rings (SSSR count). The Morgan fingerprint density at radius 2 is 2.14 bits per heavy atom. The molecule has 2 aromatic heterocycles. The smallest absolute Gasteiger partial charge is 0.278 e. The second-order valence-electron chi connectivity index (χ2n) is 6.70. The molecule has 2 N–H and O–H groups in total. The SMILES string of the molecule is CCC(C)n1c(SCC(=O)NCc2ccccc2Br)nc2cc(C)[nH]c2c1=O. The number of hydrogen-bond acceptors (Lipinski definition) is 4. The number of nitrogens with zero attached hydrogens (tertiary/aromatic N) is 2. The fourth-order valence-corrected chi connectivity index (χ4v) is 4.23. The summed E-state index contributed by atoms with van der Waals surface area (Å²) >= 11 is 4.77. The molecule has 0 aliphatic heterocycles. The third-order valence-corrected chi connectivity index (χ3v) is 6.31. The van der Waals surface area contributed by atoms with Crippen LogP contribution in [0.4, 0.5) is 0 Å². The van der Waals surface area contributed by atoms with Crippen LogP contribution in [0.2, 0.25) is 0 Å². The molecule has 0 aliphatic carbocycles. The molecule has 2 heterocycles. The van der Waals surface area contributed by atoms with Crippen LogP contribution >= 0.6 is 27.7 Å². The Morgan fingerprint density at radius 1 is 1.39 bits per heavy atom. The minimum absolute atomic E-state index is 0.00107. The summed E-state index contributed by atoms with van der Waals surface area (Å²) in [5, 5.41) is 3.49. The second kappa shape index (κ2) is 8.96. The molecule has 8 heteroatoms. The zero-order valence-corrected chi connectivity index (χ0v) is 18.5. The van der Waals surface area contributed by atoms with Crippen molar-refractivity contribution in [3.8, 4) is 0 Å². The number of aryl methyl sites for hydroxylation is 1. The molecule has 1 aromatic carbocycles. The molecular weight excluding hydrogens is 440 g/mol. The van der Waals surface area contributed by atoms with Crippen molar-refractivity contribution >= 4 is 44.6 Å². The number of carbonyl (C=O) groups excluding carboxylic acids is 1. The van der Waals surface area contributed by atoms with Gasteiger partial charge in [-0.1, -0.05) is 52.8 Å². The molecule has 148 valence electrons. The highest BCUT2D eigenvalue weighted by Crippen LogP contribution is 2.22. The van der Waals surface area contributed by atoms with Crippen molar-refractivity contribution in [3.05, 3.63) is 56.4 Å². The summed E-state index contributed by atoms with van der Waals surface area (Å²) in [6.45, 7) is 6.36. The predicted molar refractivity (Wildman–Crippen MR) is 117 cm³/mol. The molecule has 0 saturated carbocycles. The summed E-state index contributed by atoms with van der Waals surface area (Å²) in [6.07, 6.45) is 0.800. The van der Waals surface area contributed by atoms with E-state index < -0.39 is 0 Å². The van der Waals surface area contributed by atoms with Crippen molar-refractivity contribution in [3.63, 3.8) is 0 Å². The molecule has 0 saturated heterocycles. The van der Waals surface area contributed by atoms with E-state index in [-0.39, 0.29) is 23.3 Å². The van der Waals surface area contributed by atoms with Gasteiger partial charge in [0.2, 0.25) is 5.91 Å². The first kappa shape index (κ1) is 20.7. The van der Waals surface area contributed by atoms with Gasteiger partial charge in [-0.15, -0.1) is 0 Å². The number of fused-ring (bicyclic) bond motifs is 1. The van der Waals surface area contributed by atoms with E-state index in [0.29, 0.717) is 22.7 Å². The van der Waals surface area contributed by atoms with Crippen LogP contribution in [0.25, 0.3) is 11.0 Å². The lowest BCUT2D eigenvalue weighted by Crippen LogP contribution is -2.28. The zero-order chi connectivity index (χ0) is 20.3. The summed E-state index contributed by atoms with van der Waals surface area (Å²) in [5.74, 6) is 0.0958. The summed E-state index contributed by atoms with van der Waals surface area (Å²) in [4.78, 5) is 33.0. The fourth-order valence-electron chi connectivity index (χ4n) is 2.88. The average Bonchev–Trinajstić information content (AvgIpc) is 3.06. The highest BCUT2D eigenvalue weighted by molar-refractivity contribution is 9.10.